The van der Waals surface area contributed by atoms with Crippen molar-refractivity contribution >= 4 is 33.1 Å². The van der Waals surface area contributed by atoms with Crippen molar-refractivity contribution in [3.05, 3.63) is 54.4 Å². The molecule has 9 nitrogen and oxygen atoms in total. The van der Waals surface area contributed by atoms with Crippen LogP contribution in [0.4, 0.5) is 0 Å². The van der Waals surface area contributed by atoms with Gasteiger partial charge in [0.2, 0.25) is 0 Å². The molecular weight excluding hydrogens is 360 g/mol. The van der Waals surface area contributed by atoms with E-state index >= 15 is 0 Å². The lowest BCUT2D eigenvalue weighted by molar-refractivity contribution is 0.100. The van der Waals surface area contributed by atoms with Crippen molar-refractivity contribution in [1.29, 1.82) is 0 Å². The van der Waals surface area contributed by atoms with Gasteiger partial charge in [-0.25, -0.2) is 4.98 Å². The van der Waals surface area contributed by atoms with Gasteiger partial charge in [0.25, 0.3) is 16.0 Å². The molecule has 0 atom stereocenters. The standard InChI is InChI=1S/C15H12N4O2.CH4O3S/c16-15(17)19-14(20)10-4-1-3-9(7-10)11-5-2-6-12-13(11)18-8-21-12;1-5(2,3)4/h1-8H,(H4,16,17,19,20);1H3,(H,2,3,4). The van der Waals surface area contributed by atoms with Crippen LogP contribution < -0.4 is 11.5 Å². The van der Waals surface area contributed by atoms with Crippen molar-refractivity contribution in [3.63, 3.8) is 0 Å². The summed E-state index contributed by atoms with van der Waals surface area (Å²) in [6.07, 6.45) is 2.11. The Morgan fingerprint density at radius 2 is 1.85 bits per heavy atom. The van der Waals surface area contributed by atoms with E-state index in [0.717, 1.165) is 16.6 Å². The summed E-state index contributed by atoms with van der Waals surface area (Å²) in [5, 5.41) is 0. The van der Waals surface area contributed by atoms with Crippen molar-refractivity contribution in [1.82, 2.24) is 4.98 Å². The fourth-order valence-electron chi connectivity index (χ4n) is 2.12. The second-order valence-corrected chi connectivity index (χ2v) is 6.63. The van der Waals surface area contributed by atoms with Gasteiger partial charge in [0.15, 0.2) is 17.9 Å². The number of oxazole rings is 1. The molecule has 1 aromatic heterocycles. The van der Waals surface area contributed by atoms with Crippen molar-refractivity contribution in [2.45, 2.75) is 0 Å². The van der Waals surface area contributed by atoms with E-state index in [1.165, 1.54) is 6.39 Å². The Morgan fingerprint density at radius 3 is 2.50 bits per heavy atom. The summed E-state index contributed by atoms with van der Waals surface area (Å²) < 4.78 is 31.1. The normalized spacial score (nSPS) is 10.7. The number of aromatic nitrogens is 1. The summed E-state index contributed by atoms with van der Waals surface area (Å²) in [5.74, 6) is -0.742. The Labute approximate surface area is 149 Å². The lowest BCUT2D eigenvalue weighted by Crippen LogP contribution is -2.24. The van der Waals surface area contributed by atoms with Gasteiger partial charge in [-0.2, -0.15) is 13.4 Å². The molecule has 3 rings (SSSR count). The maximum atomic E-state index is 11.9. The number of nitrogens with two attached hydrogens (primary N) is 2. The monoisotopic (exact) mass is 376 g/mol. The molecule has 0 radical (unpaired) electrons. The molecule has 1 amide bonds. The van der Waals surface area contributed by atoms with Gasteiger partial charge in [-0.3, -0.25) is 9.35 Å². The van der Waals surface area contributed by atoms with E-state index in [9.17, 15) is 13.2 Å². The Morgan fingerprint density at radius 1 is 1.19 bits per heavy atom. The molecular formula is C16H16N4O5S. The highest BCUT2D eigenvalue weighted by molar-refractivity contribution is 7.85. The van der Waals surface area contributed by atoms with Crippen LogP contribution in [0, 0.1) is 0 Å². The van der Waals surface area contributed by atoms with Crippen LogP contribution in [0.2, 0.25) is 0 Å². The second kappa shape index (κ2) is 7.76. The first-order chi connectivity index (χ1) is 12.1. The van der Waals surface area contributed by atoms with Crippen LogP contribution in [0.3, 0.4) is 0 Å². The Hall–Kier alpha value is -3.24. The van der Waals surface area contributed by atoms with Crippen LogP contribution in [-0.2, 0) is 10.1 Å². The molecule has 0 unspecified atom stereocenters. The average Bonchev–Trinajstić information content (AvgIpc) is 3.01. The molecule has 0 aliphatic rings. The van der Waals surface area contributed by atoms with Crippen LogP contribution >= 0.6 is 0 Å². The number of hydrogen-bond donors (Lipinski definition) is 3. The molecule has 0 bridgehead atoms. The fourth-order valence-corrected chi connectivity index (χ4v) is 2.12. The zero-order chi connectivity index (χ0) is 19.3. The van der Waals surface area contributed by atoms with Crippen LogP contribution in [-0.4, -0.2) is 36.1 Å². The Kier molecular flexibility index (Phi) is 5.70. The van der Waals surface area contributed by atoms with E-state index in [1.807, 2.05) is 24.3 Å². The minimum Gasteiger partial charge on any atom is -0.443 e. The van der Waals surface area contributed by atoms with Crippen LogP contribution in [0.1, 0.15) is 10.4 Å². The van der Waals surface area contributed by atoms with Crippen molar-refractivity contribution in [2.75, 3.05) is 6.26 Å². The molecule has 0 saturated heterocycles. The molecule has 0 aliphatic heterocycles. The number of nitrogens with zero attached hydrogens (tertiary/aromatic N) is 2. The summed E-state index contributed by atoms with van der Waals surface area (Å²) in [4.78, 5) is 19.6. The number of amides is 1. The first-order valence-electron chi connectivity index (χ1n) is 7.14. The van der Waals surface area contributed by atoms with Crippen molar-refractivity contribution < 1.29 is 22.2 Å². The molecule has 0 aliphatic carbocycles. The summed E-state index contributed by atoms with van der Waals surface area (Å²) in [6, 6.07) is 12.6. The highest BCUT2D eigenvalue weighted by Crippen LogP contribution is 2.28. The third kappa shape index (κ3) is 5.40. The number of benzene rings is 2. The molecule has 3 aromatic rings. The molecule has 26 heavy (non-hydrogen) atoms. The Balaban J connectivity index is 0.000000431. The minimum absolute atomic E-state index is 0.260. The van der Waals surface area contributed by atoms with Crippen molar-refractivity contribution in [3.8, 4) is 11.1 Å². The summed E-state index contributed by atoms with van der Waals surface area (Å²) in [6.45, 7) is 0. The number of guanidine groups is 1. The Bertz CT molecular complexity index is 1060. The third-order valence-corrected chi connectivity index (χ3v) is 3.01. The number of fused-ring (bicyclic) bond motifs is 1. The van der Waals surface area contributed by atoms with E-state index in [4.69, 9.17) is 20.4 Å². The van der Waals surface area contributed by atoms with E-state index < -0.39 is 16.0 Å². The molecule has 0 fully saturated rings. The topological polar surface area (TPSA) is 162 Å². The maximum Gasteiger partial charge on any atom is 0.280 e. The first kappa shape index (κ1) is 19.1. The SMILES string of the molecule is CS(=O)(=O)O.NC(N)=NC(=O)c1cccc(-c2cccc3ocnc23)c1. The van der Waals surface area contributed by atoms with E-state index in [2.05, 4.69) is 9.98 Å². The van der Waals surface area contributed by atoms with Gasteiger partial charge in [0.1, 0.15) is 5.52 Å². The molecule has 5 N–H and O–H groups in total. The average molecular weight is 376 g/mol. The fraction of sp³-hybridized carbons (Fsp3) is 0.0625. The number of rotatable bonds is 2. The maximum absolute atomic E-state index is 11.9. The summed E-state index contributed by atoms with van der Waals surface area (Å²) in [7, 11) is -3.67. The van der Waals surface area contributed by atoms with Gasteiger partial charge < -0.3 is 15.9 Å². The van der Waals surface area contributed by atoms with Crippen LogP contribution in [0.15, 0.2) is 58.3 Å². The molecule has 1 heterocycles. The highest BCUT2D eigenvalue weighted by atomic mass is 32.2. The smallest absolute Gasteiger partial charge is 0.280 e. The second-order valence-electron chi connectivity index (χ2n) is 5.16. The van der Waals surface area contributed by atoms with Gasteiger partial charge in [0, 0.05) is 11.1 Å². The van der Waals surface area contributed by atoms with Crippen LogP contribution in [0.25, 0.3) is 22.2 Å². The predicted molar refractivity (Wildman–Crippen MR) is 97.1 cm³/mol. The largest absolute Gasteiger partial charge is 0.443 e. The van der Waals surface area contributed by atoms with E-state index in [-0.39, 0.29) is 5.96 Å². The lowest BCUT2D eigenvalue weighted by Gasteiger charge is -2.04. The number of carbonyl (C=O) groups excluding carboxylic acids is 1. The third-order valence-electron chi connectivity index (χ3n) is 3.01. The molecule has 0 spiro atoms. The number of carbonyl (C=O) groups is 1. The number of hydrogen-bond acceptors (Lipinski definition) is 5. The molecule has 2 aromatic carbocycles. The van der Waals surface area contributed by atoms with Crippen molar-refractivity contribution in [2.24, 2.45) is 16.5 Å². The molecule has 136 valence electrons. The lowest BCUT2D eigenvalue weighted by atomic mass is 10.0. The zero-order valence-electron chi connectivity index (χ0n) is 13.7. The minimum atomic E-state index is -3.67. The van der Waals surface area contributed by atoms with E-state index in [0.29, 0.717) is 17.4 Å². The van der Waals surface area contributed by atoms with Gasteiger partial charge in [-0.1, -0.05) is 24.3 Å². The van der Waals surface area contributed by atoms with Crippen LogP contribution in [0.5, 0.6) is 0 Å². The van der Waals surface area contributed by atoms with Gasteiger partial charge in [-0.05, 0) is 23.8 Å². The number of aliphatic imine (C=N–C) groups is 1. The van der Waals surface area contributed by atoms with E-state index in [1.54, 1.807) is 18.2 Å². The van der Waals surface area contributed by atoms with Gasteiger partial charge in [0.05, 0.1) is 6.26 Å². The highest BCUT2D eigenvalue weighted by Gasteiger charge is 2.10. The number of para-hydroxylation sites is 1. The predicted octanol–water partition coefficient (Wildman–Crippen LogP) is 1.41. The quantitative estimate of drug-likeness (QED) is 0.343. The molecule has 10 heteroatoms. The zero-order valence-corrected chi connectivity index (χ0v) is 14.5. The van der Waals surface area contributed by atoms with Gasteiger partial charge >= 0.3 is 0 Å². The van der Waals surface area contributed by atoms with Gasteiger partial charge in [-0.15, -0.1) is 0 Å². The molecule has 0 saturated carbocycles. The summed E-state index contributed by atoms with van der Waals surface area (Å²) in [5.41, 5.74) is 14.0. The first-order valence-corrected chi connectivity index (χ1v) is 8.99. The summed E-state index contributed by atoms with van der Waals surface area (Å²) >= 11 is 0.